The minimum absolute atomic E-state index is 0.0227. The van der Waals surface area contributed by atoms with Crippen LogP contribution < -0.4 is 5.32 Å². The van der Waals surface area contributed by atoms with Gasteiger partial charge in [0.2, 0.25) is 16.5 Å². The van der Waals surface area contributed by atoms with Gasteiger partial charge in [0.05, 0.1) is 10.7 Å². The first-order chi connectivity index (χ1) is 14.4. The normalized spacial score (nSPS) is 9.43. The molecule has 0 amide bonds. The molecule has 0 saturated carbocycles. The van der Waals surface area contributed by atoms with Gasteiger partial charge in [0.1, 0.15) is 11.5 Å². The molecule has 0 bridgehead atoms. The molecule has 0 spiro atoms. The standard InChI is InChI=1S/C9H5Cl3N4.2C6H6O/c10-5-3-1-2-4-6(5)13-9-15-7(11)14-8(12)16-9;2*7-6-4-2-1-3-5-6/h1-4H,(H,13,14,15,16);2*1-5,7H. The van der Waals surface area contributed by atoms with Crippen molar-refractivity contribution in [2.24, 2.45) is 0 Å². The van der Waals surface area contributed by atoms with Crippen LogP contribution in [-0.2, 0) is 0 Å². The Balaban J connectivity index is 0.000000188. The monoisotopic (exact) mass is 462 g/mol. The largest absolute Gasteiger partial charge is 0.508 e. The number of halogens is 3. The number of benzene rings is 3. The van der Waals surface area contributed by atoms with Crippen molar-refractivity contribution in [2.45, 2.75) is 0 Å². The number of aromatic hydroxyl groups is 2. The molecule has 154 valence electrons. The lowest BCUT2D eigenvalue weighted by molar-refractivity contribution is 0.475. The Kier molecular flexibility index (Phi) is 9.67. The number of nitrogens with zero attached hydrogens (tertiary/aromatic N) is 3. The van der Waals surface area contributed by atoms with Crippen LogP contribution in [0.15, 0.2) is 84.9 Å². The molecule has 0 fully saturated rings. The predicted octanol–water partition coefficient (Wildman–Crippen LogP) is 6.36. The molecule has 0 aliphatic rings. The summed E-state index contributed by atoms with van der Waals surface area (Å²) in [5.41, 5.74) is 0.669. The number of anilines is 2. The highest BCUT2D eigenvalue weighted by atomic mass is 35.5. The maximum absolute atomic E-state index is 8.63. The van der Waals surface area contributed by atoms with Gasteiger partial charge in [-0.25, -0.2) is 0 Å². The van der Waals surface area contributed by atoms with Crippen molar-refractivity contribution in [2.75, 3.05) is 5.32 Å². The van der Waals surface area contributed by atoms with E-state index in [-0.39, 0.29) is 16.5 Å². The van der Waals surface area contributed by atoms with Crippen molar-refractivity contribution in [3.8, 4) is 11.5 Å². The highest BCUT2D eigenvalue weighted by Gasteiger charge is 2.05. The Morgan fingerprint density at radius 1 is 0.567 bits per heavy atom. The van der Waals surface area contributed by atoms with Gasteiger partial charge in [0, 0.05) is 0 Å². The Hall–Kier alpha value is -3.06. The van der Waals surface area contributed by atoms with Crippen LogP contribution in [0.3, 0.4) is 0 Å². The van der Waals surface area contributed by atoms with Crippen LogP contribution in [0.2, 0.25) is 15.6 Å². The Bertz CT molecular complexity index is 981. The third-order valence-corrected chi connectivity index (χ3v) is 3.88. The van der Waals surface area contributed by atoms with E-state index in [1.54, 1.807) is 60.7 Å². The third-order valence-electron chi connectivity index (χ3n) is 3.21. The van der Waals surface area contributed by atoms with Crippen molar-refractivity contribution < 1.29 is 10.2 Å². The van der Waals surface area contributed by atoms with Crippen LogP contribution in [0, 0.1) is 0 Å². The second-order valence-electron chi connectivity index (χ2n) is 5.47. The number of rotatable bonds is 2. The van der Waals surface area contributed by atoms with Crippen molar-refractivity contribution in [3.05, 3.63) is 101 Å². The SMILES string of the molecule is Clc1nc(Cl)nc(Nc2ccccc2Cl)n1.Oc1ccccc1.Oc1ccccc1. The van der Waals surface area contributed by atoms with E-state index < -0.39 is 0 Å². The van der Waals surface area contributed by atoms with Gasteiger partial charge in [-0.05, 0) is 59.6 Å². The van der Waals surface area contributed by atoms with E-state index in [0.29, 0.717) is 22.2 Å². The fourth-order valence-electron chi connectivity index (χ4n) is 1.92. The van der Waals surface area contributed by atoms with E-state index in [4.69, 9.17) is 45.0 Å². The lowest BCUT2D eigenvalue weighted by atomic mass is 10.3. The second-order valence-corrected chi connectivity index (χ2v) is 6.56. The topological polar surface area (TPSA) is 91.2 Å². The molecule has 0 aliphatic heterocycles. The molecule has 3 N–H and O–H groups in total. The minimum atomic E-state index is 0.0227. The Labute approximate surface area is 188 Å². The van der Waals surface area contributed by atoms with Crippen molar-refractivity contribution in [1.29, 1.82) is 0 Å². The van der Waals surface area contributed by atoms with Gasteiger partial charge < -0.3 is 15.5 Å². The van der Waals surface area contributed by atoms with Gasteiger partial charge in [0.15, 0.2) is 0 Å². The molecule has 0 aliphatic carbocycles. The van der Waals surface area contributed by atoms with Crippen molar-refractivity contribution in [1.82, 2.24) is 15.0 Å². The summed E-state index contributed by atoms with van der Waals surface area (Å²) in [6.45, 7) is 0. The maximum atomic E-state index is 8.63. The Morgan fingerprint density at radius 2 is 1.00 bits per heavy atom. The molecule has 1 heterocycles. The molecule has 3 aromatic carbocycles. The lowest BCUT2D eigenvalue weighted by Gasteiger charge is -2.06. The molecule has 4 aromatic rings. The molecular formula is C21H17Cl3N4O2. The fourth-order valence-corrected chi connectivity index (χ4v) is 2.47. The van der Waals surface area contributed by atoms with Crippen LogP contribution >= 0.6 is 34.8 Å². The zero-order chi connectivity index (χ0) is 21.8. The summed E-state index contributed by atoms with van der Waals surface area (Å²) in [6, 6.07) is 24.6. The number of para-hydroxylation sites is 3. The Morgan fingerprint density at radius 3 is 1.40 bits per heavy atom. The predicted molar refractivity (Wildman–Crippen MR) is 121 cm³/mol. The smallest absolute Gasteiger partial charge is 0.232 e. The average molecular weight is 464 g/mol. The first kappa shape index (κ1) is 23.2. The molecule has 9 heteroatoms. The summed E-state index contributed by atoms with van der Waals surface area (Å²) in [7, 11) is 0. The highest BCUT2D eigenvalue weighted by molar-refractivity contribution is 6.33. The number of nitrogens with one attached hydrogen (secondary N) is 1. The van der Waals surface area contributed by atoms with E-state index in [0.717, 1.165) is 0 Å². The quantitative estimate of drug-likeness (QED) is 0.320. The van der Waals surface area contributed by atoms with Crippen LogP contribution in [0.1, 0.15) is 0 Å². The number of hydrogen-bond acceptors (Lipinski definition) is 6. The number of aromatic nitrogens is 3. The molecule has 1 aromatic heterocycles. The number of phenols is 2. The van der Waals surface area contributed by atoms with Gasteiger partial charge in [-0.15, -0.1) is 0 Å². The molecule has 0 radical (unpaired) electrons. The van der Waals surface area contributed by atoms with E-state index in [1.807, 2.05) is 24.3 Å². The molecular weight excluding hydrogens is 447 g/mol. The van der Waals surface area contributed by atoms with E-state index in [9.17, 15) is 0 Å². The molecule has 30 heavy (non-hydrogen) atoms. The average Bonchev–Trinajstić information content (AvgIpc) is 2.71. The summed E-state index contributed by atoms with van der Waals surface area (Å²) in [5.74, 6) is 0.892. The molecule has 0 saturated heterocycles. The summed E-state index contributed by atoms with van der Waals surface area (Å²) < 4.78 is 0. The van der Waals surface area contributed by atoms with Crippen molar-refractivity contribution >= 4 is 46.4 Å². The summed E-state index contributed by atoms with van der Waals surface area (Å²) >= 11 is 17.2. The van der Waals surface area contributed by atoms with Crippen LogP contribution in [0.5, 0.6) is 11.5 Å². The molecule has 0 unspecified atom stereocenters. The van der Waals surface area contributed by atoms with E-state index in [1.165, 1.54) is 0 Å². The van der Waals surface area contributed by atoms with Gasteiger partial charge in [0.25, 0.3) is 0 Å². The van der Waals surface area contributed by atoms with Gasteiger partial charge in [-0.1, -0.05) is 60.1 Å². The minimum Gasteiger partial charge on any atom is -0.508 e. The van der Waals surface area contributed by atoms with Crippen LogP contribution in [0.25, 0.3) is 0 Å². The second kappa shape index (κ2) is 12.5. The summed E-state index contributed by atoms with van der Waals surface area (Å²) in [5, 5.41) is 20.8. The zero-order valence-corrected chi connectivity index (χ0v) is 17.7. The van der Waals surface area contributed by atoms with Gasteiger partial charge >= 0.3 is 0 Å². The van der Waals surface area contributed by atoms with E-state index >= 15 is 0 Å². The van der Waals surface area contributed by atoms with Crippen molar-refractivity contribution in [3.63, 3.8) is 0 Å². The summed E-state index contributed by atoms with van der Waals surface area (Å²) in [6.07, 6.45) is 0. The lowest BCUT2D eigenvalue weighted by Crippen LogP contribution is -1.99. The number of phenolic OH excluding ortho intramolecular Hbond substituents is 2. The highest BCUT2D eigenvalue weighted by Crippen LogP contribution is 2.23. The molecule has 4 rings (SSSR count). The van der Waals surface area contributed by atoms with Crippen LogP contribution in [-0.4, -0.2) is 25.2 Å². The third kappa shape index (κ3) is 8.96. The first-order valence-corrected chi connectivity index (χ1v) is 9.64. The first-order valence-electron chi connectivity index (χ1n) is 8.50. The van der Waals surface area contributed by atoms with Crippen LogP contribution in [0.4, 0.5) is 11.6 Å². The number of hydrogen-bond donors (Lipinski definition) is 3. The molecule has 6 nitrogen and oxygen atoms in total. The molecule has 0 atom stereocenters. The zero-order valence-electron chi connectivity index (χ0n) is 15.5. The van der Waals surface area contributed by atoms with Gasteiger partial charge in [-0.3, -0.25) is 0 Å². The van der Waals surface area contributed by atoms with Gasteiger partial charge in [-0.2, -0.15) is 15.0 Å². The summed E-state index contributed by atoms with van der Waals surface area (Å²) in [4.78, 5) is 11.4. The van der Waals surface area contributed by atoms with E-state index in [2.05, 4.69) is 20.3 Å². The fraction of sp³-hybridized carbons (Fsp3) is 0. The maximum Gasteiger partial charge on any atom is 0.232 e.